The molecule has 8 heteroatoms. The first-order valence-corrected chi connectivity index (χ1v) is 9.55. The van der Waals surface area contributed by atoms with Gasteiger partial charge in [-0.1, -0.05) is 0 Å². The van der Waals surface area contributed by atoms with Crippen LogP contribution in [0.4, 0.5) is 5.82 Å². The maximum absolute atomic E-state index is 5.06. The molecule has 140 valence electrons. The highest BCUT2D eigenvalue weighted by Crippen LogP contribution is 2.35. The molecule has 0 saturated carbocycles. The van der Waals surface area contributed by atoms with Gasteiger partial charge in [0.2, 0.25) is 0 Å². The van der Waals surface area contributed by atoms with Crippen molar-refractivity contribution in [2.45, 2.75) is 18.5 Å². The summed E-state index contributed by atoms with van der Waals surface area (Å²) in [6, 6.07) is 9.33. The molecule has 0 spiro atoms. The Morgan fingerprint density at radius 3 is 2.68 bits per heavy atom. The number of nitrogens with zero attached hydrogens (tertiary/aromatic N) is 6. The fourth-order valence-corrected chi connectivity index (χ4v) is 4.43. The number of hydrogen-bond acceptors (Lipinski definition) is 6. The third kappa shape index (κ3) is 2.34. The molecule has 0 amide bonds. The van der Waals surface area contributed by atoms with Crippen LogP contribution in [0.3, 0.4) is 0 Å². The van der Waals surface area contributed by atoms with E-state index in [9.17, 15) is 0 Å². The van der Waals surface area contributed by atoms with E-state index in [1.165, 1.54) is 6.42 Å². The topological polar surface area (TPSA) is 87.5 Å². The number of aryl methyl sites for hydroxylation is 1. The molecule has 3 aliphatic heterocycles. The second-order valence-electron chi connectivity index (χ2n) is 7.58. The fourth-order valence-electron chi connectivity index (χ4n) is 4.43. The van der Waals surface area contributed by atoms with Crippen LogP contribution in [0.1, 0.15) is 6.42 Å². The van der Waals surface area contributed by atoms with E-state index in [1.54, 1.807) is 0 Å². The summed E-state index contributed by atoms with van der Waals surface area (Å²) in [4.78, 5) is 12.1. The largest absolute Gasteiger partial charge is 0.353 e. The summed E-state index contributed by atoms with van der Waals surface area (Å²) in [5, 5.41) is 16.2. The minimum absolute atomic E-state index is 0.566. The number of anilines is 1. The van der Waals surface area contributed by atoms with Crippen molar-refractivity contribution >= 4 is 16.7 Å². The van der Waals surface area contributed by atoms with E-state index in [0.29, 0.717) is 12.1 Å². The Morgan fingerprint density at radius 1 is 1.11 bits per heavy atom. The van der Waals surface area contributed by atoms with Gasteiger partial charge >= 0.3 is 0 Å². The number of aromatic amines is 1. The summed E-state index contributed by atoms with van der Waals surface area (Å²) >= 11 is 0. The Labute approximate surface area is 161 Å². The number of pyridine rings is 2. The van der Waals surface area contributed by atoms with Crippen molar-refractivity contribution in [3.63, 3.8) is 0 Å². The molecule has 0 aliphatic carbocycles. The number of H-pyrrole nitrogens is 1. The third-order valence-electron chi connectivity index (χ3n) is 5.80. The molecule has 2 unspecified atom stereocenters. The normalized spacial score (nSPS) is 21.1. The predicted molar refractivity (Wildman–Crippen MR) is 107 cm³/mol. The fraction of sp³-hybridized carbons (Fsp3) is 0.300. The van der Waals surface area contributed by atoms with E-state index in [0.717, 1.165) is 52.5 Å². The predicted octanol–water partition coefficient (Wildman–Crippen LogP) is 1.97. The number of piperidine rings is 1. The van der Waals surface area contributed by atoms with Gasteiger partial charge in [-0.15, -0.1) is 0 Å². The van der Waals surface area contributed by atoms with Crippen LogP contribution in [0, 0.1) is 0 Å². The molecule has 2 N–H and O–H groups in total. The zero-order valence-electron chi connectivity index (χ0n) is 15.5. The lowest BCUT2D eigenvalue weighted by Crippen LogP contribution is -2.67. The van der Waals surface area contributed by atoms with Crippen molar-refractivity contribution in [1.82, 2.24) is 35.3 Å². The number of rotatable bonds is 3. The standard InChI is InChI=1S/C20H20N8/c1-27-17(4-7-23-27)15-9-18(28-10-12-8-13(11-28)24-12)25-19-14(15)2-5-21-20(19)16-3-6-22-26-16/h2-7,9,12-13,24H,8,10-11H2,1H3,(H,22,26). The molecule has 28 heavy (non-hydrogen) atoms. The second-order valence-corrected chi connectivity index (χ2v) is 7.58. The lowest BCUT2D eigenvalue weighted by molar-refractivity contribution is 0.225. The Kier molecular flexibility index (Phi) is 3.30. The summed E-state index contributed by atoms with van der Waals surface area (Å²) < 4.78 is 1.91. The number of fused-ring (bicyclic) bond motifs is 3. The molecule has 0 radical (unpaired) electrons. The molecule has 3 aliphatic rings. The first kappa shape index (κ1) is 15.8. The Bertz CT molecular complexity index is 1150. The van der Waals surface area contributed by atoms with Gasteiger partial charge in [-0.3, -0.25) is 14.8 Å². The van der Waals surface area contributed by atoms with Crippen LogP contribution in [0.5, 0.6) is 0 Å². The van der Waals surface area contributed by atoms with Gasteiger partial charge in [-0.2, -0.15) is 10.2 Å². The maximum Gasteiger partial charge on any atom is 0.130 e. The first-order valence-electron chi connectivity index (χ1n) is 9.55. The lowest BCUT2D eigenvalue weighted by Gasteiger charge is -2.48. The number of nitrogens with one attached hydrogen (secondary N) is 2. The number of piperazine rings is 1. The molecule has 2 bridgehead atoms. The van der Waals surface area contributed by atoms with Crippen LogP contribution in [-0.2, 0) is 7.05 Å². The van der Waals surface area contributed by atoms with Gasteiger partial charge in [0, 0.05) is 61.8 Å². The van der Waals surface area contributed by atoms with Gasteiger partial charge in [0.15, 0.2) is 0 Å². The van der Waals surface area contributed by atoms with Crippen LogP contribution in [0.2, 0.25) is 0 Å². The summed E-state index contributed by atoms with van der Waals surface area (Å²) in [7, 11) is 1.97. The molecular formula is C20H20N8. The molecule has 4 aromatic rings. The smallest absolute Gasteiger partial charge is 0.130 e. The quantitative estimate of drug-likeness (QED) is 0.572. The van der Waals surface area contributed by atoms with Crippen molar-refractivity contribution in [3.05, 3.63) is 42.9 Å². The molecule has 0 aromatic carbocycles. The zero-order chi connectivity index (χ0) is 18.7. The zero-order valence-corrected chi connectivity index (χ0v) is 15.5. The van der Waals surface area contributed by atoms with Crippen molar-refractivity contribution in [1.29, 1.82) is 0 Å². The Balaban J connectivity index is 1.60. The van der Waals surface area contributed by atoms with Crippen LogP contribution in [0.25, 0.3) is 33.5 Å². The van der Waals surface area contributed by atoms with Crippen LogP contribution in [-0.4, -0.2) is 55.1 Å². The van der Waals surface area contributed by atoms with Gasteiger partial charge in [-0.05, 0) is 30.7 Å². The maximum atomic E-state index is 5.06. The summed E-state index contributed by atoms with van der Waals surface area (Å²) in [5.41, 5.74) is 4.65. The van der Waals surface area contributed by atoms with Gasteiger partial charge < -0.3 is 10.2 Å². The molecule has 2 atom stereocenters. The average molecular weight is 372 g/mol. The summed E-state index contributed by atoms with van der Waals surface area (Å²) in [6.07, 6.45) is 6.73. The highest BCUT2D eigenvalue weighted by Gasteiger charge is 2.37. The SMILES string of the molecule is Cn1nccc1-c1cc(N2CC3CC(C2)N3)nc2c(-c3cc[nH]n3)nccc12. The van der Waals surface area contributed by atoms with Crippen molar-refractivity contribution in [2.75, 3.05) is 18.0 Å². The van der Waals surface area contributed by atoms with Crippen molar-refractivity contribution < 1.29 is 0 Å². The first-order chi connectivity index (χ1) is 13.8. The number of hydrogen-bond donors (Lipinski definition) is 2. The Morgan fingerprint density at radius 2 is 1.96 bits per heavy atom. The van der Waals surface area contributed by atoms with Crippen LogP contribution in [0.15, 0.2) is 42.9 Å². The van der Waals surface area contributed by atoms with Gasteiger partial charge in [0.25, 0.3) is 0 Å². The summed E-state index contributed by atoms with van der Waals surface area (Å²) in [6.45, 7) is 1.97. The summed E-state index contributed by atoms with van der Waals surface area (Å²) in [5.74, 6) is 0.990. The molecule has 7 rings (SSSR count). The molecule has 4 aromatic heterocycles. The number of aromatic nitrogens is 6. The van der Waals surface area contributed by atoms with E-state index >= 15 is 0 Å². The van der Waals surface area contributed by atoms with E-state index in [2.05, 4.69) is 36.6 Å². The molecular weight excluding hydrogens is 352 g/mol. The lowest BCUT2D eigenvalue weighted by atomic mass is 9.91. The Hall–Kier alpha value is -3.26. The molecule has 8 nitrogen and oxygen atoms in total. The minimum Gasteiger partial charge on any atom is -0.353 e. The molecule has 3 fully saturated rings. The molecule has 3 saturated heterocycles. The van der Waals surface area contributed by atoms with Gasteiger partial charge in [-0.25, -0.2) is 4.98 Å². The highest BCUT2D eigenvalue weighted by atomic mass is 15.3. The minimum atomic E-state index is 0.566. The highest BCUT2D eigenvalue weighted by molar-refractivity contribution is 6.01. The van der Waals surface area contributed by atoms with Gasteiger partial charge in [0.1, 0.15) is 22.7 Å². The van der Waals surface area contributed by atoms with Gasteiger partial charge in [0.05, 0.1) is 5.69 Å². The van der Waals surface area contributed by atoms with E-state index in [-0.39, 0.29) is 0 Å². The molecule has 7 heterocycles. The van der Waals surface area contributed by atoms with Crippen LogP contribution >= 0.6 is 0 Å². The van der Waals surface area contributed by atoms with E-state index in [1.807, 2.05) is 48.5 Å². The van der Waals surface area contributed by atoms with E-state index in [4.69, 9.17) is 4.98 Å². The van der Waals surface area contributed by atoms with E-state index < -0.39 is 0 Å². The van der Waals surface area contributed by atoms with Crippen LogP contribution < -0.4 is 10.2 Å². The average Bonchev–Trinajstić information content (AvgIpc) is 3.38. The second kappa shape index (κ2) is 5.87. The van der Waals surface area contributed by atoms with Crippen molar-refractivity contribution in [2.24, 2.45) is 7.05 Å². The van der Waals surface area contributed by atoms with Crippen molar-refractivity contribution in [3.8, 4) is 22.6 Å². The third-order valence-corrected chi connectivity index (χ3v) is 5.80. The monoisotopic (exact) mass is 372 g/mol.